The number of pyridine rings is 1. The van der Waals surface area contributed by atoms with Crippen molar-refractivity contribution in [2.75, 3.05) is 13.7 Å². The summed E-state index contributed by atoms with van der Waals surface area (Å²) < 4.78 is 25.3. The first-order valence-electron chi connectivity index (χ1n) is 13.6. The van der Waals surface area contributed by atoms with Crippen LogP contribution in [0, 0.1) is 0 Å². The zero-order chi connectivity index (χ0) is 30.2. The molecule has 44 heavy (non-hydrogen) atoms. The molecule has 1 amide bonds. The fourth-order valence-electron chi connectivity index (χ4n) is 4.63. The average molecular weight is 662 g/mol. The molecule has 3 aromatic carbocycles. The van der Waals surface area contributed by atoms with Crippen LogP contribution in [0.3, 0.4) is 0 Å². The van der Waals surface area contributed by atoms with Crippen LogP contribution in [0.4, 0.5) is 0 Å². The molecule has 1 fully saturated rings. The average Bonchev–Trinajstić information content (AvgIpc) is 3.40. The van der Waals surface area contributed by atoms with Crippen LogP contribution < -0.4 is 26.9 Å². The Bertz CT molecular complexity index is 1590. The second kappa shape index (κ2) is 15.0. The molecule has 1 aromatic heterocycles. The molecule has 5 rings (SSSR count). The number of nitrogens with one attached hydrogen (secondary N) is 1. The molecule has 1 aliphatic heterocycles. The number of nitrogens with zero attached hydrogens (tertiary/aromatic N) is 1. The number of esters is 3. The van der Waals surface area contributed by atoms with E-state index in [1.807, 2.05) is 0 Å². The summed E-state index contributed by atoms with van der Waals surface area (Å²) in [7, 11) is 1.51. The van der Waals surface area contributed by atoms with Gasteiger partial charge in [-0.05, 0) is 42.5 Å². The molecule has 1 N–H and O–H groups in total. The summed E-state index contributed by atoms with van der Waals surface area (Å²) in [5, 5.41) is 2.57. The Kier molecular flexibility index (Phi) is 11.0. The van der Waals surface area contributed by atoms with Gasteiger partial charge >= 0.3 is 24.1 Å². The molecule has 1 saturated heterocycles. The van der Waals surface area contributed by atoms with Gasteiger partial charge in [0, 0.05) is 13.1 Å². The SMILES string of the molecule is CNC(=O)c1ccc[n+](C2OC(COC(=O)c3ccccc3)C(OC(=O)c3ccccc3)C2OC(=O)c2ccccc2)c1.[Br-]. The summed E-state index contributed by atoms with van der Waals surface area (Å²) in [4.78, 5) is 51.7. The lowest BCUT2D eigenvalue weighted by molar-refractivity contribution is -0.765. The number of carbonyl (C=O) groups excluding carboxylic acids is 4. The molecular weight excluding hydrogens is 632 g/mol. The lowest BCUT2D eigenvalue weighted by atomic mass is 10.1. The Hall–Kier alpha value is -4.87. The standard InChI is InChI=1S/C33H28N2O8.BrH/c1-34-29(36)25-18-11-19-35(20-25)30-28(43-33(39)24-16-9-4-10-17-24)27(42-32(38)23-14-7-3-8-15-23)26(41-30)21-40-31(37)22-12-5-2-6-13-22;/h2-20,26-28,30H,21H2,1H3;1H. The van der Waals surface area contributed by atoms with E-state index in [9.17, 15) is 19.2 Å². The molecule has 4 atom stereocenters. The third-order valence-corrected chi connectivity index (χ3v) is 6.78. The topological polar surface area (TPSA) is 121 Å². The van der Waals surface area contributed by atoms with Crippen LogP contribution >= 0.6 is 0 Å². The third kappa shape index (κ3) is 7.55. The summed E-state index contributed by atoms with van der Waals surface area (Å²) in [6.07, 6.45) is -1.30. The van der Waals surface area contributed by atoms with Gasteiger partial charge in [-0.2, -0.15) is 4.57 Å². The Morgan fingerprint density at radius 2 is 1.16 bits per heavy atom. The molecule has 226 valence electrons. The Labute approximate surface area is 264 Å². The van der Waals surface area contributed by atoms with Gasteiger partial charge in [-0.3, -0.25) is 4.79 Å². The van der Waals surface area contributed by atoms with Crippen molar-refractivity contribution in [2.24, 2.45) is 0 Å². The van der Waals surface area contributed by atoms with Crippen molar-refractivity contribution in [3.8, 4) is 0 Å². The van der Waals surface area contributed by atoms with Crippen LogP contribution in [-0.4, -0.2) is 55.8 Å². The molecule has 0 radical (unpaired) electrons. The van der Waals surface area contributed by atoms with Gasteiger partial charge in [0.05, 0.1) is 16.7 Å². The van der Waals surface area contributed by atoms with E-state index in [4.69, 9.17) is 18.9 Å². The van der Waals surface area contributed by atoms with Gasteiger partial charge in [0.25, 0.3) is 5.91 Å². The molecule has 0 bridgehead atoms. The fourth-order valence-corrected chi connectivity index (χ4v) is 4.63. The molecule has 0 aliphatic carbocycles. The van der Waals surface area contributed by atoms with Gasteiger partial charge in [0.2, 0.25) is 6.10 Å². The molecule has 1 aliphatic rings. The number of hydrogen-bond donors (Lipinski definition) is 1. The number of halogens is 1. The Morgan fingerprint density at radius 1 is 0.682 bits per heavy atom. The van der Waals surface area contributed by atoms with E-state index >= 15 is 0 Å². The largest absolute Gasteiger partial charge is 1.00 e. The minimum absolute atomic E-state index is 0. The summed E-state index contributed by atoms with van der Waals surface area (Å²) >= 11 is 0. The van der Waals surface area contributed by atoms with Gasteiger partial charge in [-0.15, -0.1) is 0 Å². The van der Waals surface area contributed by atoms with Gasteiger partial charge in [-0.1, -0.05) is 54.6 Å². The highest BCUT2D eigenvalue weighted by Gasteiger charge is 2.55. The van der Waals surface area contributed by atoms with E-state index in [2.05, 4.69) is 5.32 Å². The van der Waals surface area contributed by atoms with Crippen LogP contribution in [0.15, 0.2) is 116 Å². The van der Waals surface area contributed by atoms with Gasteiger partial charge in [-0.25, -0.2) is 14.4 Å². The van der Waals surface area contributed by atoms with Crippen LogP contribution in [-0.2, 0) is 18.9 Å². The highest BCUT2D eigenvalue weighted by atomic mass is 79.9. The molecule has 4 unspecified atom stereocenters. The minimum Gasteiger partial charge on any atom is -1.00 e. The van der Waals surface area contributed by atoms with Crippen molar-refractivity contribution in [1.29, 1.82) is 0 Å². The second-order valence-electron chi connectivity index (χ2n) is 9.62. The zero-order valence-corrected chi connectivity index (χ0v) is 25.2. The van der Waals surface area contributed by atoms with E-state index in [0.717, 1.165) is 0 Å². The molecule has 10 nitrogen and oxygen atoms in total. The predicted molar refractivity (Wildman–Crippen MR) is 152 cm³/mol. The lowest BCUT2D eigenvalue weighted by Gasteiger charge is -2.23. The molecule has 2 heterocycles. The van der Waals surface area contributed by atoms with Crippen LogP contribution in [0.25, 0.3) is 0 Å². The number of carbonyl (C=O) groups is 4. The summed E-state index contributed by atoms with van der Waals surface area (Å²) in [5.74, 6) is -2.30. The van der Waals surface area contributed by atoms with Crippen molar-refractivity contribution in [3.63, 3.8) is 0 Å². The van der Waals surface area contributed by atoms with Gasteiger partial charge in [0.1, 0.15) is 18.3 Å². The molecule has 11 heteroatoms. The van der Waals surface area contributed by atoms with Crippen molar-refractivity contribution < 1.29 is 59.7 Å². The summed E-state index contributed by atoms with van der Waals surface area (Å²) in [6.45, 7) is -0.313. The second-order valence-corrected chi connectivity index (χ2v) is 9.62. The van der Waals surface area contributed by atoms with E-state index in [-0.39, 0.29) is 40.6 Å². The molecule has 4 aromatic rings. The highest BCUT2D eigenvalue weighted by molar-refractivity contribution is 5.93. The first-order valence-corrected chi connectivity index (χ1v) is 13.6. The number of rotatable bonds is 9. The Morgan fingerprint density at radius 3 is 1.68 bits per heavy atom. The fraction of sp³-hybridized carbons (Fsp3) is 0.182. The first-order chi connectivity index (χ1) is 20.9. The van der Waals surface area contributed by atoms with E-state index in [0.29, 0.717) is 11.1 Å². The maximum atomic E-state index is 13.3. The number of ether oxygens (including phenoxy) is 4. The highest BCUT2D eigenvalue weighted by Crippen LogP contribution is 2.32. The minimum atomic E-state index is -1.19. The van der Waals surface area contributed by atoms with Crippen LogP contribution in [0.1, 0.15) is 47.7 Å². The van der Waals surface area contributed by atoms with Crippen molar-refractivity contribution in [3.05, 3.63) is 138 Å². The van der Waals surface area contributed by atoms with Gasteiger partial charge < -0.3 is 41.2 Å². The number of hydrogen-bond acceptors (Lipinski definition) is 8. The number of benzene rings is 3. The Balaban J connectivity index is 0.00000442. The van der Waals surface area contributed by atoms with E-state index < -0.39 is 42.4 Å². The summed E-state index contributed by atoms with van der Waals surface area (Å²) in [6, 6.07) is 28.3. The molecule has 0 saturated carbocycles. The lowest BCUT2D eigenvalue weighted by Crippen LogP contribution is -3.00. The molecule has 0 spiro atoms. The molecular formula is C33H29BrN2O8. The van der Waals surface area contributed by atoms with Crippen molar-refractivity contribution >= 4 is 23.8 Å². The van der Waals surface area contributed by atoms with Crippen LogP contribution in [0.2, 0.25) is 0 Å². The third-order valence-electron chi connectivity index (χ3n) is 6.78. The summed E-state index contributed by atoms with van der Waals surface area (Å²) in [5.41, 5.74) is 1.19. The van der Waals surface area contributed by atoms with Crippen molar-refractivity contribution in [2.45, 2.75) is 24.5 Å². The zero-order valence-electron chi connectivity index (χ0n) is 23.6. The maximum Gasteiger partial charge on any atom is 0.338 e. The maximum absolute atomic E-state index is 13.3. The van der Waals surface area contributed by atoms with Crippen molar-refractivity contribution in [1.82, 2.24) is 5.32 Å². The normalized spacial score (nSPS) is 18.8. The predicted octanol–water partition coefficient (Wildman–Crippen LogP) is 0.543. The number of amides is 1. The quantitative estimate of drug-likeness (QED) is 0.157. The van der Waals surface area contributed by atoms with E-state index in [1.165, 1.54) is 13.2 Å². The number of aromatic nitrogens is 1. The van der Waals surface area contributed by atoms with Crippen LogP contribution in [0.5, 0.6) is 0 Å². The smallest absolute Gasteiger partial charge is 0.338 e. The van der Waals surface area contributed by atoms with Gasteiger partial charge in [0.15, 0.2) is 18.5 Å². The first kappa shape index (κ1) is 32.1. The van der Waals surface area contributed by atoms with E-state index in [1.54, 1.807) is 114 Å². The monoisotopic (exact) mass is 660 g/mol.